The average molecular weight is 342 g/mol. The highest BCUT2D eigenvalue weighted by atomic mass is 16.3. The largest absolute Gasteiger partial charge is 0.459 e. The molecule has 0 saturated heterocycles. The van der Waals surface area contributed by atoms with Gasteiger partial charge in [0.05, 0.1) is 12.8 Å². The van der Waals surface area contributed by atoms with Gasteiger partial charge in [-0.2, -0.15) is 0 Å². The second-order valence-electron chi connectivity index (χ2n) is 6.30. The van der Waals surface area contributed by atoms with Crippen LogP contribution in [-0.4, -0.2) is 30.0 Å². The molecule has 1 atom stereocenters. The predicted molar refractivity (Wildman–Crippen MR) is 91.9 cm³/mol. The van der Waals surface area contributed by atoms with E-state index in [9.17, 15) is 14.7 Å². The lowest BCUT2D eigenvalue weighted by Gasteiger charge is -2.34. The summed E-state index contributed by atoms with van der Waals surface area (Å²) in [6.45, 7) is 0.384. The first-order chi connectivity index (χ1) is 12.1. The number of hydrogen-bond acceptors (Lipinski definition) is 4. The van der Waals surface area contributed by atoms with Crippen molar-refractivity contribution in [3.05, 3.63) is 59.5 Å². The zero-order chi connectivity index (χ0) is 17.7. The maximum Gasteiger partial charge on any atom is 0.286 e. The molecule has 1 aromatic carbocycles. The minimum atomic E-state index is -1.03. The quantitative estimate of drug-likeness (QED) is 0.746. The summed E-state index contributed by atoms with van der Waals surface area (Å²) in [5.41, 5.74) is 1.01. The minimum Gasteiger partial charge on any atom is -0.459 e. The van der Waals surface area contributed by atoms with Crippen LogP contribution in [0.5, 0.6) is 0 Å². The standard InChI is InChI=1S/C19H22N2O4/c22-17(9-11-20-18(23)16-8-4-12-25-16)21-13-19(24)10-3-6-14-5-1-2-7-15(14)19/h1-2,4-5,7-8,12,24H,3,6,9-11,13H2,(H,20,23)(H,21,22)/t19-/m0/s1. The van der Waals surface area contributed by atoms with Crippen molar-refractivity contribution in [3.8, 4) is 0 Å². The summed E-state index contributed by atoms with van der Waals surface area (Å²) in [6.07, 6.45) is 4.03. The molecule has 2 amide bonds. The first-order valence-corrected chi connectivity index (χ1v) is 8.48. The van der Waals surface area contributed by atoms with Crippen LogP contribution in [0.1, 0.15) is 40.9 Å². The van der Waals surface area contributed by atoms with E-state index in [0.717, 1.165) is 24.0 Å². The van der Waals surface area contributed by atoms with Gasteiger partial charge >= 0.3 is 0 Å². The van der Waals surface area contributed by atoms with Gasteiger partial charge in [-0.3, -0.25) is 9.59 Å². The number of furan rings is 1. The Hall–Kier alpha value is -2.60. The molecule has 1 aromatic heterocycles. The van der Waals surface area contributed by atoms with Gasteiger partial charge in [0.1, 0.15) is 5.60 Å². The molecular weight excluding hydrogens is 320 g/mol. The van der Waals surface area contributed by atoms with Crippen LogP contribution < -0.4 is 10.6 Å². The van der Waals surface area contributed by atoms with Crippen molar-refractivity contribution in [2.75, 3.05) is 13.1 Å². The third kappa shape index (κ3) is 4.09. The molecule has 0 spiro atoms. The molecule has 1 aliphatic rings. The monoisotopic (exact) mass is 342 g/mol. The number of fused-ring (bicyclic) bond motifs is 1. The van der Waals surface area contributed by atoms with Crippen LogP contribution in [-0.2, 0) is 16.8 Å². The SMILES string of the molecule is O=C(CCNC(=O)c1ccco1)NC[C@@]1(O)CCCc2ccccc21. The number of amides is 2. The number of carbonyl (C=O) groups excluding carboxylic acids is 2. The van der Waals surface area contributed by atoms with Crippen molar-refractivity contribution in [2.45, 2.75) is 31.3 Å². The van der Waals surface area contributed by atoms with Crippen LogP contribution in [0.15, 0.2) is 47.1 Å². The van der Waals surface area contributed by atoms with Gasteiger partial charge in [0.15, 0.2) is 5.76 Å². The summed E-state index contributed by atoms with van der Waals surface area (Å²) in [4.78, 5) is 23.7. The fourth-order valence-electron chi connectivity index (χ4n) is 3.20. The highest BCUT2D eigenvalue weighted by Crippen LogP contribution is 2.34. The lowest BCUT2D eigenvalue weighted by Crippen LogP contribution is -2.43. The van der Waals surface area contributed by atoms with Crippen molar-refractivity contribution in [2.24, 2.45) is 0 Å². The van der Waals surface area contributed by atoms with E-state index in [1.807, 2.05) is 24.3 Å². The molecule has 1 heterocycles. The molecule has 0 unspecified atom stereocenters. The van der Waals surface area contributed by atoms with Crippen LogP contribution in [0.4, 0.5) is 0 Å². The van der Waals surface area contributed by atoms with E-state index >= 15 is 0 Å². The zero-order valence-corrected chi connectivity index (χ0v) is 14.0. The summed E-state index contributed by atoms with van der Waals surface area (Å²) in [5, 5.41) is 16.3. The molecule has 0 fully saturated rings. The van der Waals surface area contributed by atoms with E-state index < -0.39 is 5.60 Å². The minimum absolute atomic E-state index is 0.143. The molecule has 25 heavy (non-hydrogen) atoms. The van der Waals surface area contributed by atoms with Crippen LogP contribution in [0, 0.1) is 0 Å². The first-order valence-electron chi connectivity index (χ1n) is 8.48. The second-order valence-corrected chi connectivity index (χ2v) is 6.30. The van der Waals surface area contributed by atoms with E-state index in [4.69, 9.17) is 4.42 Å². The van der Waals surface area contributed by atoms with Gasteiger partial charge in [0, 0.05) is 13.0 Å². The Bertz CT molecular complexity index is 742. The molecule has 3 rings (SSSR count). The van der Waals surface area contributed by atoms with Crippen LogP contribution in [0.25, 0.3) is 0 Å². The summed E-state index contributed by atoms with van der Waals surface area (Å²) < 4.78 is 4.98. The van der Waals surface area contributed by atoms with Crippen molar-refractivity contribution < 1.29 is 19.1 Å². The maximum absolute atomic E-state index is 12.0. The number of aliphatic hydroxyl groups is 1. The van der Waals surface area contributed by atoms with Gasteiger partial charge in [-0.15, -0.1) is 0 Å². The second kappa shape index (κ2) is 7.53. The molecule has 132 valence electrons. The van der Waals surface area contributed by atoms with Crippen molar-refractivity contribution in [1.82, 2.24) is 10.6 Å². The van der Waals surface area contributed by atoms with Crippen LogP contribution in [0.2, 0.25) is 0 Å². The summed E-state index contributed by atoms with van der Waals surface area (Å²) in [5.74, 6) is -0.345. The Labute approximate surface area is 146 Å². The fraction of sp³-hybridized carbons (Fsp3) is 0.368. The van der Waals surface area contributed by atoms with Crippen molar-refractivity contribution in [1.29, 1.82) is 0 Å². The lowest BCUT2D eigenvalue weighted by atomic mass is 9.79. The van der Waals surface area contributed by atoms with E-state index in [2.05, 4.69) is 10.6 Å². The van der Waals surface area contributed by atoms with Gasteiger partial charge in [-0.1, -0.05) is 24.3 Å². The number of aryl methyl sites for hydroxylation is 1. The Balaban J connectivity index is 1.47. The first kappa shape index (κ1) is 17.2. The van der Waals surface area contributed by atoms with Gasteiger partial charge in [-0.05, 0) is 42.5 Å². The normalized spacial score (nSPS) is 19.1. The summed E-state index contributed by atoms with van der Waals surface area (Å²) in [7, 11) is 0. The topological polar surface area (TPSA) is 91.6 Å². The molecule has 0 radical (unpaired) electrons. The van der Waals surface area contributed by atoms with Gasteiger partial charge < -0.3 is 20.2 Å². The van der Waals surface area contributed by atoms with Crippen molar-refractivity contribution in [3.63, 3.8) is 0 Å². The highest BCUT2D eigenvalue weighted by Gasteiger charge is 2.34. The number of rotatable bonds is 6. The van der Waals surface area contributed by atoms with E-state index in [1.54, 1.807) is 12.1 Å². The molecule has 3 N–H and O–H groups in total. The molecule has 0 bridgehead atoms. The third-order valence-corrected chi connectivity index (χ3v) is 4.52. The van der Waals surface area contributed by atoms with Gasteiger partial charge in [-0.25, -0.2) is 0 Å². The highest BCUT2D eigenvalue weighted by molar-refractivity contribution is 5.91. The Morgan fingerprint density at radius 2 is 2.00 bits per heavy atom. The molecule has 6 nitrogen and oxygen atoms in total. The predicted octanol–water partition coefficient (Wildman–Crippen LogP) is 1.74. The zero-order valence-electron chi connectivity index (χ0n) is 14.0. The summed E-state index contributed by atoms with van der Waals surface area (Å²) in [6, 6.07) is 11.0. The van der Waals surface area contributed by atoms with Crippen LogP contribution >= 0.6 is 0 Å². The van der Waals surface area contributed by atoms with E-state index in [1.165, 1.54) is 6.26 Å². The Kier molecular flexibility index (Phi) is 5.19. The van der Waals surface area contributed by atoms with Gasteiger partial charge in [0.2, 0.25) is 5.91 Å². The number of hydrogen-bond donors (Lipinski definition) is 3. The Morgan fingerprint density at radius 1 is 1.16 bits per heavy atom. The Morgan fingerprint density at radius 3 is 2.80 bits per heavy atom. The van der Waals surface area contributed by atoms with Crippen LogP contribution in [0.3, 0.4) is 0 Å². The molecule has 2 aromatic rings. The molecular formula is C19H22N2O4. The number of benzene rings is 1. The van der Waals surface area contributed by atoms with Gasteiger partial charge in [0.25, 0.3) is 5.91 Å². The molecule has 1 aliphatic carbocycles. The average Bonchev–Trinajstić information content (AvgIpc) is 3.15. The number of nitrogens with one attached hydrogen (secondary N) is 2. The van der Waals surface area contributed by atoms with E-state index in [-0.39, 0.29) is 37.1 Å². The lowest BCUT2D eigenvalue weighted by molar-refractivity contribution is -0.122. The molecule has 0 saturated carbocycles. The third-order valence-electron chi connectivity index (χ3n) is 4.52. The fourth-order valence-corrected chi connectivity index (χ4v) is 3.20. The van der Waals surface area contributed by atoms with E-state index in [0.29, 0.717) is 6.42 Å². The summed E-state index contributed by atoms with van der Waals surface area (Å²) >= 11 is 0. The maximum atomic E-state index is 12.0. The smallest absolute Gasteiger partial charge is 0.286 e. The molecule has 0 aliphatic heterocycles. The molecule has 6 heteroatoms. The van der Waals surface area contributed by atoms with Crippen molar-refractivity contribution >= 4 is 11.8 Å². The number of carbonyl (C=O) groups is 2.